The van der Waals surface area contributed by atoms with Gasteiger partial charge in [0.25, 0.3) is 5.91 Å². The van der Waals surface area contributed by atoms with Gasteiger partial charge in [0.1, 0.15) is 17.3 Å². The Hall–Kier alpha value is -2.63. The summed E-state index contributed by atoms with van der Waals surface area (Å²) >= 11 is 0. The summed E-state index contributed by atoms with van der Waals surface area (Å²) in [5, 5.41) is 3.27. The Bertz CT molecular complexity index is 721. The summed E-state index contributed by atoms with van der Waals surface area (Å²) in [4.78, 5) is 25.5. The molecule has 1 heterocycles. The average molecular weight is 355 g/mol. The summed E-state index contributed by atoms with van der Waals surface area (Å²) < 4.78 is 0. The number of amides is 1. The van der Waals surface area contributed by atoms with Crippen molar-refractivity contribution < 1.29 is 4.79 Å². The molecule has 0 aliphatic rings. The molecule has 1 amide bonds. The van der Waals surface area contributed by atoms with Crippen LogP contribution in [-0.4, -0.2) is 48.0 Å². The molecule has 0 aliphatic heterocycles. The average Bonchev–Trinajstić information content (AvgIpc) is 2.61. The zero-order valence-electron chi connectivity index (χ0n) is 16.4. The van der Waals surface area contributed by atoms with Crippen molar-refractivity contribution in [3.8, 4) is 0 Å². The predicted octanol–water partition coefficient (Wildman–Crippen LogP) is 3.86. The van der Waals surface area contributed by atoms with E-state index in [1.807, 2.05) is 48.2 Å². The SMILES string of the molecule is CCCN(CCC)C(=O)c1cc(Nc2ccc(N(C)C)cc2)nc(C)n1. The first-order chi connectivity index (χ1) is 12.4. The van der Waals surface area contributed by atoms with Crippen LogP contribution in [0.2, 0.25) is 0 Å². The van der Waals surface area contributed by atoms with Gasteiger partial charge in [0, 0.05) is 44.6 Å². The highest BCUT2D eigenvalue weighted by atomic mass is 16.2. The lowest BCUT2D eigenvalue weighted by Crippen LogP contribution is -2.33. The molecule has 0 spiro atoms. The van der Waals surface area contributed by atoms with Gasteiger partial charge >= 0.3 is 0 Å². The van der Waals surface area contributed by atoms with E-state index in [2.05, 4.69) is 29.1 Å². The van der Waals surface area contributed by atoms with E-state index in [1.54, 1.807) is 13.0 Å². The lowest BCUT2D eigenvalue weighted by Gasteiger charge is -2.21. The quantitative estimate of drug-likeness (QED) is 0.779. The van der Waals surface area contributed by atoms with E-state index >= 15 is 0 Å². The van der Waals surface area contributed by atoms with Gasteiger partial charge in [-0.3, -0.25) is 4.79 Å². The molecule has 2 aromatic rings. The van der Waals surface area contributed by atoms with Crippen molar-refractivity contribution in [2.75, 3.05) is 37.4 Å². The number of rotatable bonds is 8. The van der Waals surface area contributed by atoms with Crippen molar-refractivity contribution >= 4 is 23.1 Å². The number of carbonyl (C=O) groups is 1. The molecule has 0 saturated heterocycles. The molecule has 6 heteroatoms. The van der Waals surface area contributed by atoms with Gasteiger partial charge in [-0.05, 0) is 44.0 Å². The molecule has 0 saturated carbocycles. The van der Waals surface area contributed by atoms with Gasteiger partial charge in [-0.2, -0.15) is 0 Å². The molecule has 1 aromatic carbocycles. The van der Waals surface area contributed by atoms with Crippen molar-refractivity contribution in [3.63, 3.8) is 0 Å². The number of hydrogen-bond donors (Lipinski definition) is 1. The van der Waals surface area contributed by atoms with E-state index in [4.69, 9.17) is 0 Å². The first-order valence-corrected chi connectivity index (χ1v) is 9.14. The summed E-state index contributed by atoms with van der Waals surface area (Å²) in [6, 6.07) is 9.79. The Morgan fingerprint density at radius 3 is 2.19 bits per heavy atom. The van der Waals surface area contributed by atoms with Crippen LogP contribution in [0.4, 0.5) is 17.2 Å². The smallest absolute Gasteiger partial charge is 0.272 e. The van der Waals surface area contributed by atoms with Crippen LogP contribution in [0.3, 0.4) is 0 Å². The largest absolute Gasteiger partial charge is 0.378 e. The fraction of sp³-hybridized carbons (Fsp3) is 0.450. The van der Waals surface area contributed by atoms with Crippen molar-refractivity contribution in [1.29, 1.82) is 0 Å². The fourth-order valence-corrected chi connectivity index (χ4v) is 2.75. The minimum absolute atomic E-state index is 0.0368. The number of benzene rings is 1. The zero-order valence-corrected chi connectivity index (χ0v) is 16.4. The number of hydrogen-bond acceptors (Lipinski definition) is 5. The number of anilines is 3. The number of nitrogens with one attached hydrogen (secondary N) is 1. The monoisotopic (exact) mass is 355 g/mol. The summed E-state index contributed by atoms with van der Waals surface area (Å²) in [5.41, 5.74) is 2.48. The molecule has 6 nitrogen and oxygen atoms in total. The summed E-state index contributed by atoms with van der Waals surface area (Å²) in [6.07, 6.45) is 1.86. The van der Waals surface area contributed by atoms with Gasteiger partial charge in [0.05, 0.1) is 0 Å². The van der Waals surface area contributed by atoms with Crippen LogP contribution in [-0.2, 0) is 0 Å². The molecular formula is C20H29N5O. The van der Waals surface area contributed by atoms with E-state index in [9.17, 15) is 4.79 Å². The third-order valence-corrected chi connectivity index (χ3v) is 3.99. The standard InChI is InChI=1S/C20H29N5O/c1-6-12-25(13-7-2)20(26)18-14-19(22-15(3)21-18)23-16-8-10-17(11-9-16)24(4)5/h8-11,14H,6-7,12-13H2,1-5H3,(H,21,22,23). The molecule has 0 aliphatic carbocycles. The highest BCUT2D eigenvalue weighted by molar-refractivity contribution is 5.93. The van der Waals surface area contributed by atoms with Crippen LogP contribution in [0, 0.1) is 6.92 Å². The van der Waals surface area contributed by atoms with Crippen LogP contribution >= 0.6 is 0 Å². The normalized spacial score (nSPS) is 10.5. The maximum atomic E-state index is 12.8. The number of carbonyl (C=O) groups excluding carboxylic acids is 1. The second-order valence-corrected chi connectivity index (χ2v) is 6.54. The first kappa shape index (κ1) is 19.7. The molecule has 0 atom stereocenters. The second kappa shape index (κ2) is 9.17. The Balaban J connectivity index is 2.21. The van der Waals surface area contributed by atoms with Gasteiger partial charge in [-0.1, -0.05) is 13.8 Å². The topological polar surface area (TPSA) is 61.4 Å². The van der Waals surface area contributed by atoms with E-state index in [1.165, 1.54) is 0 Å². The second-order valence-electron chi connectivity index (χ2n) is 6.54. The Kier molecular flexibility index (Phi) is 6.95. The minimum Gasteiger partial charge on any atom is -0.378 e. The van der Waals surface area contributed by atoms with E-state index in [0.29, 0.717) is 17.3 Å². The Morgan fingerprint density at radius 2 is 1.65 bits per heavy atom. The molecule has 0 fully saturated rings. The third-order valence-electron chi connectivity index (χ3n) is 3.99. The van der Waals surface area contributed by atoms with Crippen LogP contribution < -0.4 is 10.2 Å². The molecular weight excluding hydrogens is 326 g/mol. The van der Waals surface area contributed by atoms with Crippen LogP contribution in [0.25, 0.3) is 0 Å². The number of aryl methyl sites for hydroxylation is 1. The minimum atomic E-state index is -0.0368. The van der Waals surface area contributed by atoms with Crippen molar-refractivity contribution in [2.45, 2.75) is 33.6 Å². The third kappa shape index (κ3) is 5.18. The zero-order chi connectivity index (χ0) is 19.1. The number of nitrogens with zero attached hydrogens (tertiary/aromatic N) is 4. The van der Waals surface area contributed by atoms with E-state index < -0.39 is 0 Å². The summed E-state index contributed by atoms with van der Waals surface area (Å²) in [7, 11) is 4.01. The van der Waals surface area contributed by atoms with E-state index in [-0.39, 0.29) is 5.91 Å². The molecule has 0 radical (unpaired) electrons. The van der Waals surface area contributed by atoms with E-state index in [0.717, 1.165) is 37.3 Å². The van der Waals surface area contributed by atoms with Crippen LogP contribution in [0.1, 0.15) is 43.0 Å². The van der Waals surface area contributed by atoms with Crippen LogP contribution in [0.5, 0.6) is 0 Å². The van der Waals surface area contributed by atoms with Gasteiger partial charge in [-0.25, -0.2) is 9.97 Å². The van der Waals surface area contributed by atoms with Crippen LogP contribution in [0.15, 0.2) is 30.3 Å². The van der Waals surface area contributed by atoms with Crippen molar-refractivity contribution in [3.05, 3.63) is 41.9 Å². The number of aromatic nitrogens is 2. The lowest BCUT2D eigenvalue weighted by atomic mass is 10.2. The molecule has 1 N–H and O–H groups in total. The Morgan fingerprint density at radius 1 is 1.04 bits per heavy atom. The summed E-state index contributed by atoms with van der Waals surface area (Å²) in [5.74, 6) is 1.17. The maximum absolute atomic E-state index is 12.8. The lowest BCUT2D eigenvalue weighted by molar-refractivity contribution is 0.0749. The summed E-state index contributed by atoms with van der Waals surface area (Å²) in [6.45, 7) is 7.44. The van der Waals surface area contributed by atoms with Crippen molar-refractivity contribution in [2.24, 2.45) is 0 Å². The molecule has 2 rings (SSSR count). The molecule has 0 bridgehead atoms. The highest BCUT2D eigenvalue weighted by Gasteiger charge is 2.17. The molecule has 26 heavy (non-hydrogen) atoms. The Labute approximate surface area is 156 Å². The molecule has 140 valence electrons. The maximum Gasteiger partial charge on any atom is 0.272 e. The van der Waals surface area contributed by atoms with Gasteiger partial charge < -0.3 is 15.1 Å². The first-order valence-electron chi connectivity index (χ1n) is 9.14. The van der Waals surface area contributed by atoms with Crippen molar-refractivity contribution in [1.82, 2.24) is 14.9 Å². The van der Waals surface area contributed by atoms with Gasteiger partial charge in [0.15, 0.2) is 0 Å². The van der Waals surface area contributed by atoms with Gasteiger partial charge in [-0.15, -0.1) is 0 Å². The highest BCUT2D eigenvalue weighted by Crippen LogP contribution is 2.20. The molecule has 1 aromatic heterocycles. The molecule has 0 unspecified atom stereocenters. The predicted molar refractivity (Wildman–Crippen MR) is 107 cm³/mol. The fourth-order valence-electron chi connectivity index (χ4n) is 2.75. The van der Waals surface area contributed by atoms with Gasteiger partial charge in [0.2, 0.25) is 0 Å².